The average Bonchev–Trinajstić information content (AvgIpc) is 3.09. The van der Waals surface area contributed by atoms with Crippen LogP contribution in [0.3, 0.4) is 0 Å². The van der Waals surface area contributed by atoms with Crippen molar-refractivity contribution in [2.24, 2.45) is 28.6 Å². The average molecular weight is 545 g/mol. The lowest BCUT2D eigenvalue weighted by molar-refractivity contribution is -0.145. The number of allylic oxidation sites excluding steroid dienone is 1. The van der Waals surface area contributed by atoms with Gasteiger partial charge in [0.15, 0.2) is 0 Å². The highest BCUT2D eigenvalue weighted by Gasteiger charge is 2.73. The Hall–Kier alpha value is -0.810. The number of aliphatic hydroxyl groups is 4. The van der Waals surface area contributed by atoms with Gasteiger partial charge in [0.25, 0.3) is 0 Å². The molecule has 0 aliphatic heterocycles. The van der Waals surface area contributed by atoms with Crippen LogP contribution in [0, 0.1) is 28.6 Å². The summed E-state index contributed by atoms with van der Waals surface area (Å²) in [6, 6.07) is 0. The molecule has 5 N–H and O–H groups in total. The number of aliphatic hydroxyl groups excluding tert-OH is 3. The summed E-state index contributed by atoms with van der Waals surface area (Å²) in [5.74, 6) is -1.41. The molecule has 2 bridgehead atoms. The van der Waals surface area contributed by atoms with Gasteiger partial charge in [-0.25, -0.2) is 0 Å². The van der Waals surface area contributed by atoms with Crippen molar-refractivity contribution in [2.75, 3.05) is 13.2 Å². The minimum atomic E-state index is -1.31. The van der Waals surface area contributed by atoms with E-state index in [4.69, 9.17) is 5.11 Å². The van der Waals surface area contributed by atoms with Crippen molar-refractivity contribution in [3.05, 3.63) is 23.8 Å². The molecule has 1 amide bonds. The van der Waals surface area contributed by atoms with Gasteiger partial charge in [0.2, 0.25) is 9.70 Å². The fourth-order valence-electron chi connectivity index (χ4n) is 7.10. The number of rotatable bonds is 6. The molecule has 4 aliphatic carbocycles. The number of amides is 1. The van der Waals surface area contributed by atoms with Crippen molar-refractivity contribution in [3.63, 3.8) is 0 Å². The summed E-state index contributed by atoms with van der Waals surface area (Å²) in [5.41, 5.74) is -1.31. The van der Waals surface area contributed by atoms with Crippen molar-refractivity contribution in [2.45, 2.75) is 63.3 Å². The van der Waals surface area contributed by atoms with Crippen LogP contribution < -0.4 is 5.32 Å². The van der Waals surface area contributed by atoms with Gasteiger partial charge in [-0.3, -0.25) is 9.59 Å². The molecule has 0 radical (unpaired) electrons. The van der Waals surface area contributed by atoms with Crippen molar-refractivity contribution in [3.8, 4) is 0 Å². The van der Waals surface area contributed by atoms with E-state index in [1.807, 2.05) is 0 Å². The summed E-state index contributed by atoms with van der Waals surface area (Å²) in [4.78, 5) is 26.5. The predicted octanol–water partition coefficient (Wildman–Crippen LogP) is 1.23. The Balaban J connectivity index is 1.82. The Morgan fingerprint density at radius 3 is 2.68 bits per heavy atom. The summed E-state index contributed by atoms with van der Waals surface area (Å²) in [6.07, 6.45) is 2.49. The first-order valence-electron chi connectivity index (χ1n) is 11.1. The molecule has 31 heavy (non-hydrogen) atoms. The maximum atomic E-state index is 13.6. The SMILES string of the molecule is C=C1C[C@]23C[C@@]1(O)CC[C@H]2C1=C[C@@H](O)[C@H](O)[C@@](C)(C(=O)I)[C@H]1[C@@H]3C(=O)NCCCCO. The second-order valence-electron chi connectivity index (χ2n) is 10.1. The monoisotopic (exact) mass is 545 g/mol. The quantitative estimate of drug-likeness (QED) is 0.148. The molecule has 4 rings (SSSR count). The van der Waals surface area contributed by atoms with Crippen LogP contribution in [0.5, 0.6) is 0 Å². The molecule has 4 aliphatic rings. The second kappa shape index (κ2) is 7.90. The standard InChI is InChI=1S/C23H32INO6/c1-12-10-22-11-23(12,31)6-5-14(22)13-9-15(27)18(28)21(2,20(24)30)16(13)17(22)19(29)25-7-3-4-8-26/h9,14-18,26-28,31H,1,3-8,10-11H2,2H3,(H,25,29)/t14-,15+,16+,17+,18-,21-,22-,23-/m0/s1. The molecule has 0 aromatic carbocycles. The van der Waals surface area contributed by atoms with Crippen LogP contribution in [-0.2, 0) is 9.59 Å². The van der Waals surface area contributed by atoms with Crippen molar-refractivity contribution >= 4 is 32.3 Å². The maximum absolute atomic E-state index is 13.6. The third-order valence-corrected chi connectivity index (χ3v) is 9.78. The number of hydrogen-bond acceptors (Lipinski definition) is 6. The van der Waals surface area contributed by atoms with Crippen LogP contribution in [0.2, 0.25) is 0 Å². The zero-order valence-electron chi connectivity index (χ0n) is 17.8. The molecule has 3 fully saturated rings. The molecule has 3 saturated carbocycles. The number of nitrogens with one attached hydrogen (secondary N) is 1. The van der Waals surface area contributed by atoms with E-state index in [9.17, 15) is 24.9 Å². The van der Waals surface area contributed by atoms with Crippen molar-refractivity contribution in [1.29, 1.82) is 0 Å². The Bertz CT molecular complexity index is 844. The molecule has 0 saturated heterocycles. The van der Waals surface area contributed by atoms with Crippen LogP contribution in [0.1, 0.15) is 45.4 Å². The van der Waals surface area contributed by atoms with Gasteiger partial charge in [-0.2, -0.15) is 0 Å². The first kappa shape index (κ1) is 23.4. The third-order valence-electron chi connectivity index (χ3n) is 8.61. The minimum absolute atomic E-state index is 0.0533. The van der Waals surface area contributed by atoms with Crippen LogP contribution in [0.4, 0.5) is 0 Å². The number of halogens is 1. The molecule has 172 valence electrons. The fraction of sp³-hybridized carbons (Fsp3) is 0.739. The van der Waals surface area contributed by atoms with E-state index in [0.717, 1.165) is 11.1 Å². The van der Waals surface area contributed by atoms with Crippen molar-refractivity contribution in [1.82, 2.24) is 5.32 Å². The summed E-state index contributed by atoms with van der Waals surface area (Å²) in [7, 11) is 0. The summed E-state index contributed by atoms with van der Waals surface area (Å²) >= 11 is 1.68. The van der Waals surface area contributed by atoms with Gasteiger partial charge in [-0.05, 0) is 62.4 Å². The van der Waals surface area contributed by atoms with Gasteiger partial charge in [-0.15, -0.1) is 0 Å². The summed E-state index contributed by atoms with van der Waals surface area (Å²) in [5, 5.41) is 44.8. The highest BCUT2D eigenvalue weighted by molar-refractivity contribution is 14.1. The zero-order valence-corrected chi connectivity index (χ0v) is 20.0. The number of fused-ring (bicyclic) bond motifs is 3. The van der Waals surface area contributed by atoms with E-state index in [-0.39, 0.29) is 22.2 Å². The maximum Gasteiger partial charge on any atom is 0.224 e. The normalized spacial score (nSPS) is 45.7. The Kier molecular flexibility index (Phi) is 5.95. The van der Waals surface area contributed by atoms with Gasteiger partial charge < -0.3 is 25.7 Å². The summed E-state index contributed by atoms with van der Waals surface area (Å²) < 4.78 is -0.285. The molecule has 0 aromatic rings. The molecule has 8 heteroatoms. The molecule has 7 nitrogen and oxygen atoms in total. The van der Waals surface area contributed by atoms with Crippen LogP contribution in [0.25, 0.3) is 0 Å². The first-order valence-corrected chi connectivity index (χ1v) is 12.2. The Labute approximate surface area is 196 Å². The lowest BCUT2D eigenvalue weighted by Crippen LogP contribution is -2.56. The zero-order chi connectivity index (χ0) is 22.8. The van der Waals surface area contributed by atoms with E-state index >= 15 is 0 Å². The van der Waals surface area contributed by atoms with Gasteiger partial charge >= 0.3 is 0 Å². The topological polar surface area (TPSA) is 127 Å². The first-order chi connectivity index (χ1) is 14.5. The summed E-state index contributed by atoms with van der Waals surface area (Å²) in [6.45, 7) is 6.25. The van der Waals surface area contributed by atoms with E-state index in [2.05, 4.69) is 11.9 Å². The molecule has 1 spiro atoms. The van der Waals surface area contributed by atoms with Crippen LogP contribution >= 0.6 is 22.6 Å². The minimum Gasteiger partial charge on any atom is -0.396 e. The smallest absolute Gasteiger partial charge is 0.224 e. The van der Waals surface area contributed by atoms with Gasteiger partial charge in [0.05, 0.1) is 29.1 Å². The Morgan fingerprint density at radius 2 is 2.03 bits per heavy atom. The lowest BCUT2D eigenvalue weighted by Gasteiger charge is -2.45. The van der Waals surface area contributed by atoms with E-state index in [0.29, 0.717) is 45.1 Å². The molecule has 0 aromatic heterocycles. The highest BCUT2D eigenvalue weighted by atomic mass is 127. The Morgan fingerprint density at radius 1 is 1.32 bits per heavy atom. The predicted molar refractivity (Wildman–Crippen MR) is 122 cm³/mol. The second-order valence-corrected chi connectivity index (χ2v) is 11.1. The van der Waals surface area contributed by atoms with Crippen LogP contribution in [-0.4, -0.2) is 61.1 Å². The molecule has 0 heterocycles. The van der Waals surface area contributed by atoms with E-state index in [1.54, 1.807) is 35.6 Å². The van der Waals surface area contributed by atoms with Gasteiger partial charge in [-0.1, -0.05) is 18.2 Å². The number of carbonyl (C=O) groups is 2. The largest absolute Gasteiger partial charge is 0.396 e. The van der Waals surface area contributed by atoms with Crippen molar-refractivity contribution < 1.29 is 30.0 Å². The molecular weight excluding hydrogens is 513 g/mol. The van der Waals surface area contributed by atoms with E-state index in [1.165, 1.54) is 0 Å². The lowest BCUT2D eigenvalue weighted by atomic mass is 9.60. The number of carbonyl (C=O) groups excluding carboxylic acids is 2. The van der Waals surface area contributed by atoms with Gasteiger partial charge in [0.1, 0.15) is 0 Å². The molecular formula is C23H32INO6. The van der Waals surface area contributed by atoms with E-state index < -0.39 is 40.5 Å². The fourth-order valence-corrected chi connectivity index (χ4v) is 7.76. The van der Waals surface area contributed by atoms with Gasteiger partial charge in [0, 0.05) is 41.7 Å². The highest BCUT2D eigenvalue weighted by Crippen LogP contribution is 2.73. The number of unbranched alkanes of at least 4 members (excludes halogenated alkanes) is 1. The molecule has 8 atom stereocenters. The van der Waals surface area contributed by atoms with Crippen LogP contribution in [0.15, 0.2) is 23.8 Å². The molecule has 0 unspecified atom stereocenters. The number of hydrogen-bond donors (Lipinski definition) is 5. The third kappa shape index (κ3) is 3.19.